The van der Waals surface area contributed by atoms with Gasteiger partial charge >= 0.3 is 0 Å². The highest BCUT2D eigenvalue weighted by Gasteiger charge is 2.07. The minimum atomic E-state index is 0.519. The van der Waals surface area contributed by atoms with Crippen LogP contribution >= 0.6 is 0 Å². The molecule has 0 saturated heterocycles. The van der Waals surface area contributed by atoms with Crippen molar-refractivity contribution in [2.45, 2.75) is 33.3 Å². The number of fused-ring (bicyclic) bond motifs is 1. The molecule has 1 heterocycles. The highest BCUT2D eigenvalue weighted by molar-refractivity contribution is 5.92. The molecular formula is C17H24N2O2. The Morgan fingerprint density at radius 1 is 1.14 bits per heavy atom. The summed E-state index contributed by atoms with van der Waals surface area (Å²) < 4.78 is 10.9. The van der Waals surface area contributed by atoms with Crippen LogP contribution in [0.1, 0.15) is 32.4 Å². The van der Waals surface area contributed by atoms with Gasteiger partial charge < -0.3 is 14.8 Å². The van der Waals surface area contributed by atoms with Crippen molar-refractivity contribution >= 4 is 16.6 Å². The molecule has 0 aliphatic carbocycles. The van der Waals surface area contributed by atoms with Gasteiger partial charge in [-0.1, -0.05) is 13.8 Å². The Hall–Kier alpha value is -1.81. The minimum Gasteiger partial charge on any atom is -0.494 e. The summed E-state index contributed by atoms with van der Waals surface area (Å²) in [4.78, 5) is 4.63. The Kier molecular flexibility index (Phi) is 5.81. The molecule has 0 aliphatic heterocycles. The largest absolute Gasteiger partial charge is 0.494 e. The van der Waals surface area contributed by atoms with Gasteiger partial charge in [0.1, 0.15) is 5.75 Å². The van der Waals surface area contributed by atoms with Crippen molar-refractivity contribution in [2.24, 2.45) is 0 Å². The van der Waals surface area contributed by atoms with Crippen molar-refractivity contribution < 1.29 is 9.47 Å². The molecule has 0 unspecified atom stereocenters. The van der Waals surface area contributed by atoms with Gasteiger partial charge in [-0.05, 0) is 37.1 Å². The average molecular weight is 288 g/mol. The van der Waals surface area contributed by atoms with E-state index in [1.54, 1.807) is 7.11 Å². The van der Waals surface area contributed by atoms with Crippen LogP contribution in [0, 0.1) is 0 Å². The van der Waals surface area contributed by atoms with Crippen molar-refractivity contribution in [3.05, 3.63) is 30.0 Å². The van der Waals surface area contributed by atoms with Gasteiger partial charge in [0.25, 0.3) is 0 Å². The number of benzene rings is 1. The summed E-state index contributed by atoms with van der Waals surface area (Å²) in [5.41, 5.74) is 2.99. The van der Waals surface area contributed by atoms with E-state index in [0.717, 1.165) is 54.0 Å². The van der Waals surface area contributed by atoms with Crippen LogP contribution in [0.4, 0.5) is 5.69 Å². The first-order valence-corrected chi connectivity index (χ1v) is 7.57. The first-order valence-electron chi connectivity index (χ1n) is 7.57. The Balaban J connectivity index is 2.40. The SMILES string of the molecule is CCCNc1cc(COC)nc2ccc(OCCC)cc12. The zero-order valence-corrected chi connectivity index (χ0v) is 13.1. The number of hydrogen-bond donors (Lipinski definition) is 1. The average Bonchev–Trinajstić information content (AvgIpc) is 2.51. The van der Waals surface area contributed by atoms with E-state index in [-0.39, 0.29) is 0 Å². The molecule has 0 spiro atoms. The molecule has 21 heavy (non-hydrogen) atoms. The van der Waals surface area contributed by atoms with E-state index in [1.807, 2.05) is 12.1 Å². The van der Waals surface area contributed by atoms with E-state index in [0.29, 0.717) is 6.61 Å². The number of nitrogens with one attached hydrogen (secondary N) is 1. The van der Waals surface area contributed by atoms with Gasteiger partial charge in [0.2, 0.25) is 0 Å². The molecule has 2 rings (SSSR count). The molecule has 0 aliphatic rings. The Bertz CT molecular complexity index is 584. The van der Waals surface area contributed by atoms with Gasteiger partial charge in [-0.3, -0.25) is 4.98 Å². The fourth-order valence-electron chi connectivity index (χ4n) is 2.20. The Morgan fingerprint density at radius 3 is 2.71 bits per heavy atom. The van der Waals surface area contributed by atoms with Crippen LogP contribution < -0.4 is 10.1 Å². The number of rotatable bonds is 8. The number of hydrogen-bond acceptors (Lipinski definition) is 4. The van der Waals surface area contributed by atoms with Crippen molar-refractivity contribution in [3.63, 3.8) is 0 Å². The summed E-state index contributed by atoms with van der Waals surface area (Å²) in [5, 5.41) is 4.56. The molecule has 0 amide bonds. The molecule has 0 atom stereocenters. The lowest BCUT2D eigenvalue weighted by Gasteiger charge is -2.13. The van der Waals surface area contributed by atoms with Crippen LogP contribution in [0.2, 0.25) is 0 Å². The Labute approximate surface area is 126 Å². The van der Waals surface area contributed by atoms with E-state index in [1.165, 1.54) is 0 Å². The maximum atomic E-state index is 5.72. The monoisotopic (exact) mass is 288 g/mol. The first kappa shape index (κ1) is 15.6. The van der Waals surface area contributed by atoms with Crippen molar-refractivity contribution in [1.82, 2.24) is 4.98 Å². The molecule has 2 aromatic rings. The molecule has 4 nitrogen and oxygen atoms in total. The fourth-order valence-corrected chi connectivity index (χ4v) is 2.20. The third-order valence-corrected chi connectivity index (χ3v) is 3.16. The molecule has 1 aromatic carbocycles. The second kappa shape index (κ2) is 7.84. The van der Waals surface area contributed by atoms with Gasteiger partial charge in [-0.15, -0.1) is 0 Å². The maximum absolute atomic E-state index is 5.72. The second-order valence-electron chi connectivity index (χ2n) is 5.05. The lowest BCUT2D eigenvalue weighted by molar-refractivity contribution is 0.182. The summed E-state index contributed by atoms with van der Waals surface area (Å²) in [7, 11) is 1.69. The molecule has 0 radical (unpaired) electrons. The minimum absolute atomic E-state index is 0.519. The highest BCUT2D eigenvalue weighted by atomic mass is 16.5. The first-order chi connectivity index (χ1) is 10.3. The summed E-state index contributed by atoms with van der Waals surface area (Å²) in [6, 6.07) is 8.11. The topological polar surface area (TPSA) is 43.4 Å². The van der Waals surface area contributed by atoms with Crippen molar-refractivity contribution in [2.75, 3.05) is 25.6 Å². The molecule has 0 saturated carbocycles. The van der Waals surface area contributed by atoms with Crippen molar-refractivity contribution in [3.8, 4) is 5.75 Å². The van der Waals surface area contributed by atoms with Crippen molar-refractivity contribution in [1.29, 1.82) is 0 Å². The van der Waals surface area contributed by atoms with E-state index in [4.69, 9.17) is 9.47 Å². The maximum Gasteiger partial charge on any atom is 0.120 e. The molecule has 0 fully saturated rings. The molecule has 0 bridgehead atoms. The molecule has 1 aromatic heterocycles. The highest BCUT2D eigenvalue weighted by Crippen LogP contribution is 2.27. The van der Waals surface area contributed by atoms with E-state index in [9.17, 15) is 0 Å². The van der Waals surface area contributed by atoms with E-state index in [2.05, 4.69) is 36.3 Å². The molecular weight excluding hydrogens is 264 g/mol. The third kappa shape index (κ3) is 4.08. The summed E-state index contributed by atoms with van der Waals surface area (Å²) in [6.07, 6.45) is 2.08. The molecule has 114 valence electrons. The summed E-state index contributed by atoms with van der Waals surface area (Å²) in [5.74, 6) is 0.894. The molecule has 4 heteroatoms. The number of aromatic nitrogens is 1. The van der Waals surface area contributed by atoms with Crippen LogP contribution in [0.3, 0.4) is 0 Å². The number of anilines is 1. The summed E-state index contributed by atoms with van der Waals surface area (Å²) in [6.45, 7) is 6.45. The molecule has 1 N–H and O–H groups in total. The number of ether oxygens (including phenoxy) is 2. The quantitative estimate of drug-likeness (QED) is 0.797. The summed E-state index contributed by atoms with van der Waals surface area (Å²) >= 11 is 0. The van der Waals surface area contributed by atoms with Gasteiger partial charge in [0.15, 0.2) is 0 Å². The van der Waals surface area contributed by atoms with E-state index < -0.39 is 0 Å². The number of nitrogens with zero attached hydrogens (tertiary/aromatic N) is 1. The predicted molar refractivity (Wildman–Crippen MR) is 87.0 cm³/mol. The van der Waals surface area contributed by atoms with Crippen LogP contribution in [-0.2, 0) is 11.3 Å². The third-order valence-electron chi connectivity index (χ3n) is 3.16. The fraction of sp³-hybridized carbons (Fsp3) is 0.471. The van der Waals surface area contributed by atoms with Crippen LogP contribution in [0.25, 0.3) is 10.9 Å². The normalized spacial score (nSPS) is 10.8. The van der Waals surface area contributed by atoms with Crippen LogP contribution in [0.15, 0.2) is 24.3 Å². The van der Waals surface area contributed by atoms with Crippen LogP contribution in [-0.4, -0.2) is 25.2 Å². The Morgan fingerprint density at radius 2 is 2.00 bits per heavy atom. The number of pyridine rings is 1. The van der Waals surface area contributed by atoms with Gasteiger partial charge in [0, 0.05) is 24.7 Å². The van der Waals surface area contributed by atoms with Gasteiger partial charge in [-0.25, -0.2) is 0 Å². The van der Waals surface area contributed by atoms with Gasteiger partial charge in [0.05, 0.1) is 24.4 Å². The zero-order valence-electron chi connectivity index (χ0n) is 13.1. The number of methoxy groups -OCH3 is 1. The lowest BCUT2D eigenvalue weighted by Crippen LogP contribution is -2.03. The van der Waals surface area contributed by atoms with Gasteiger partial charge in [-0.2, -0.15) is 0 Å². The standard InChI is InChI=1S/C17H24N2O2/c1-4-8-18-17-10-13(12-20-3)19-16-7-6-14(11-15(16)17)21-9-5-2/h6-7,10-11H,4-5,8-9,12H2,1-3H3,(H,18,19). The lowest BCUT2D eigenvalue weighted by atomic mass is 10.1. The second-order valence-corrected chi connectivity index (χ2v) is 5.05. The smallest absolute Gasteiger partial charge is 0.120 e. The predicted octanol–water partition coefficient (Wildman–Crippen LogP) is 3.99. The zero-order chi connectivity index (χ0) is 15.1. The van der Waals surface area contributed by atoms with E-state index >= 15 is 0 Å². The van der Waals surface area contributed by atoms with Crippen LogP contribution in [0.5, 0.6) is 5.75 Å².